The monoisotopic (exact) mass is 240 g/mol. The van der Waals surface area contributed by atoms with Crippen LogP contribution in [-0.4, -0.2) is 59.8 Å². The number of rotatable bonds is 3. The van der Waals surface area contributed by atoms with E-state index in [0.717, 1.165) is 32.5 Å². The van der Waals surface area contributed by atoms with Crippen molar-refractivity contribution in [2.24, 2.45) is 0 Å². The lowest BCUT2D eigenvalue weighted by molar-refractivity contribution is -0.0253. The van der Waals surface area contributed by atoms with Gasteiger partial charge in [0, 0.05) is 19.6 Å². The molecule has 0 aromatic heterocycles. The van der Waals surface area contributed by atoms with Crippen molar-refractivity contribution >= 4 is 0 Å². The van der Waals surface area contributed by atoms with Gasteiger partial charge in [-0.3, -0.25) is 4.90 Å². The number of hydrogen-bond acceptors (Lipinski definition) is 3. The molecular formula is C14H28N2O. The highest BCUT2D eigenvalue weighted by molar-refractivity contribution is 4.86. The quantitative estimate of drug-likeness (QED) is 0.813. The summed E-state index contributed by atoms with van der Waals surface area (Å²) in [5.74, 6) is 0. The molecule has 1 aliphatic carbocycles. The SMILES string of the molecule is CCN1CCCN(CC2(O)CCCCC2)CC1. The van der Waals surface area contributed by atoms with Crippen molar-refractivity contribution in [1.82, 2.24) is 9.80 Å². The van der Waals surface area contributed by atoms with Gasteiger partial charge in [0.15, 0.2) is 0 Å². The molecule has 0 aromatic carbocycles. The Morgan fingerprint density at radius 2 is 1.53 bits per heavy atom. The van der Waals surface area contributed by atoms with Crippen molar-refractivity contribution in [1.29, 1.82) is 0 Å². The van der Waals surface area contributed by atoms with Crippen LogP contribution < -0.4 is 0 Å². The summed E-state index contributed by atoms with van der Waals surface area (Å²) in [6.07, 6.45) is 7.02. The molecule has 1 N–H and O–H groups in total. The molecule has 100 valence electrons. The maximum Gasteiger partial charge on any atom is 0.0774 e. The molecule has 0 spiro atoms. The normalized spacial score (nSPS) is 27.9. The third-order valence-electron chi connectivity index (χ3n) is 4.43. The van der Waals surface area contributed by atoms with E-state index in [-0.39, 0.29) is 5.60 Å². The second-order valence-corrected chi connectivity index (χ2v) is 5.85. The first kappa shape index (κ1) is 13.3. The molecule has 17 heavy (non-hydrogen) atoms. The fourth-order valence-electron chi connectivity index (χ4n) is 3.28. The molecule has 1 saturated heterocycles. The van der Waals surface area contributed by atoms with E-state index in [1.807, 2.05) is 0 Å². The Kier molecular flexibility index (Phi) is 4.83. The first-order valence-corrected chi connectivity index (χ1v) is 7.39. The average molecular weight is 240 g/mol. The van der Waals surface area contributed by atoms with E-state index in [0.29, 0.717) is 0 Å². The third-order valence-corrected chi connectivity index (χ3v) is 4.43. The summed E-state index contributed by atoms with van der Waals surface area (Å²) < 4.78 is 0. The summed E-state index contributed by atoms with van der Waals surface area (Å²) in [4.78, 5) is 5.01. The Hall–Kier alpha value is -0.120. The molecule has 2 fully saturated rings. The van der Waals surface area contributed by atoms with Crippen LogP contribution >= 0.6 is 0 Å². The van der Waals surface area contributed by atoms with Crippen LogP contribution in [0.5, 0.6) is 0 Å². The minimum absolute atomic E-state index is 0.375. The van der Waals surface area contributed by atoms with Gasteiger partial charge in [0.2, 0.25) is 0 Å². The number of likely N-dealkylation sites (N-methyl/N-ethyl adjacent to an activating group) is 1. The molecule has 2 rings (SSSR count). The summed E-state index contributed by atoms with van der Waals surface area (Å²) >= 11 is 0. The molecule has 3 nitrogen and oxygen atoms in total. The average Bonchev–Trinajstić information content (AvgIpc) is 2.55. The van der Waals surface area contributed by atoms with Gasteiger partial charge in [-0.15, -0.1) is 0 Å². The fraction of sp³-hybridized carbons (Fsp3) is 1.00. The molecule has 0 aromatic rings. The highest BCUT2D eigenvalue weighted by Crippen LogP contribution is 2.29. The zero-order chi connectivity index (χ0) is 12.1. The van der Waals surface area contributed by atoms with Gasteiger partial charge in [0.05, 0.1) is 5.60 Å². The molecule has 2 aliphatic rings. The van der Waals surface area contributed by atoms with Crippen molar-refractivity contribution in [2.45, 2.75) is 51.0 Å². The smallest absolute Gasteiger partial charge is 0.0774 e. The van der Waals surface area contributed by atoms with Gasteiger partial charge in [-0.2, -0.15) is 0 Å². The second-order valence-electron chi connectivity index (χ2n) is 5.85. The molecule has 0 bridgehead atoms. The summed E-state index contributed by atoms with van der Waals surface area (Å²) in [6.45, 7) is 9.01. The third kappa shape index (κ3) is 3.94. The van der Waals surface area contributed by atoms with Crippen LogP contribution in [0.1, 0.15) is 45.4 Å². The first-order chi connectivity index (χ1) is 8.22. The van der Waals surface area contributed by atoms with E-state index in [1.54, 1.807) is 0 Å². The van der Waals surface area contributed by atoms with Gasteiger partial charge in [-0.05, 0) is 38.9 Å². The van der Waals surface area contributed by atoms with Crippen LogP contribution in [0.2, 0.25) is 0 Å². The van der Waals surface area contributed by atoms with Crippen molar-refractivity contribution in [2.75, 3.05) is 39.3 Å². The zero-order valence-electron chi connectivity index (χ0n) is 11.3. The number of nitrogens with zero attached hydrogens (tertiary/aromatic N) is 2. The Morgan fingerprint density at radius 1 is 0.882 bits per heavy atom. The lowest BCUT2D eigenvalue weighted by Gasteiger charge is -2.36. The van der Waals surface area contributed by atoms with Crippen LogP contribution in [0.3, 0.4) is 0 Å². The van der Waals surface area contributed by atoms with E-state index >= 15 is 0 Å². The predicted octanol–water partition coefficient (Wildman–Crippen LogP) is 1.71. The van der Waals surface area contributed by atoms with E-state index in [1.165, 1.54) is 45.3 Å². The van der Waals surface area contributed by atoms with Crippen molar-refractivity contribution in [3.8, 4) is 0 Å². The van der Waals surface area contributed by atoms with Crippen LogP contribution in [0, 0.1) is 0 Å². The fourth-order valence-corrected chi connectivity index (χ4v) is 3.28. The van der Waals surface area contributed by atoms with Gasteiger partial charge in [-0.25, -0.2) is 0 Å². The first-order valence-electron chi connectivity index (χ1n) is 7.39. The van der Waals surface area contributed by atoms with Gasteiger partial charge in [0.25, 0.3) is 0 Å². The standard InChI is InChI=1S/C14H28N2O/c1-2-15-9-6-10-16(12-11-15)13-14(17)7-4-3-5-8-14/h17H,2-13H2,1H3. The van der Waals surface area contributed by atoms with Gasteiger partial charge in [0.1, 0.15) is 0 Å². The molecule has 0 unspecified atom stereocenters. The van der Waals surface area contributed by atoms with Crippen molar-refractivity contribution in [3.05, 3.63) is 0 Å². The molecule has 0 atom stereocenters. The van der Waals surface area contributed by atoms with Crippen molar-refractivity contribution in [3.63, 3.8) is 0 Å². The maximum absolute atomic E-state index is 10.6. The highest BCUT2D eigenvalue weighted by Gasteiger charge is 2.31. The molecule has 1 saturated carbocycles. The molecule has 1 aliphatic heterocycles. The van der Waals surface area contributed by atoms with Crippen LogP contribution in [0.4, 0.5) is 0 Å². The molecule has 3 heteroatoms. The summed E-state index contributed by atoms with van der Waals surface area (Å²) in [6, 6.07) is 0. The number of hydrogen-bond donors (Lipinski definition) is 1. The van der Waals surface area contributed by atoms with E-state index < -0.39 is 0 Å². The number of aliphatic hydroxyl groups is 1. The number of β-amino-alcohol motifs (C(OH)–C–C–N with tert-alkyl or cyclic N) is 1. The van der Waals surface area contributed by atoms with Gasteiger partial charge in [-0.1, -0.05) is 26.2 Å². The van der Waals surface area contributed by atoms with Crippen LogP contribution in [-0.2, 0) is 0 Å². The molecule has 1 heterocycles. The van der Waals surface area contributed by atoms with Gasteiger partial charge >= 0.3 is 0 Å². The van der Waals surface area contributed by atoms with E-state index in [4.69, 9.17) is 0 Å². The minimum Gasteiger partial charge on any atom is -0.389 e. The summed E-state index contributed by atoms with van der Waals surface area (Å²) in [5.41, 5.74) is -0.375. The highest BCUT2D eigenvalue weighted by atomic mass is 16.3. The largest absolute Gasteiger partial charge is 0.389 e. The molecule has 0 radical (unpaired) electrons. The minimum atomic E-state index is -0.375. The zero-order valence-corrected chi connectivity index (χ0v) is 11.3. The van der Waals surface area contributed by atoms with Crippen LogP contribution in [0.15, 0.2) is 0 Å². The van der Waals surface area contributed by atoms with E-state index in [9.17, 15) is 5.11 Å². The predicted molar refractivity (Wildman–Crippen MR) is 71.2 cm³/mol. The van der Waals surface area contributed by atoms with Crippen molar-refractivity contribution < 1.29 is 5.11 Å². The lowest BCUT2D eigenvalue weighted by atomic mass is 9.84. The lowest BCUT2D eigenvalue weighted by Crippen LogP contribution is -2.45. The topological polar surface area (TPSA) is 26.7 Å². The summed E-state index contributed by atoms with van der Waals surface area (Å²) in [7, 11) is 0. The Bertz CT molecular complexity index is 226. The van der Waals surface area contributed by atoms with Crippen LogP contribution in [0.25, 0.3) is 0 Å². The summed E-state index contributed by atoms with van der Waals surface area (Å²) in [5, 5.41) is 10.6. The van der Waals surface area contributed by atoms with E-state index in [2.05, 4.69) is 16.7 Å². The van der Waals surface area contributed by atoms with Gasteiger partial charge < -0.3 is 10.0 Å². The Morgan fingerprint density at radius 3 is 2.24 bits per heavy atom. The molecule has 0 amide bonds. The maximum atomic E-state index is 10.6. The molecular weight excluding hydrogens is 212 g/mol. The second kappa shape index (κ2) is 6.17. The Balaban J connectivity index is 1.81. The Labute approximate surface area is 106 Å².